The van der Waals surface area contributed by atoms with Gasteiger partial charge in [-0.2, -0.15) is 0 Å². The summed E-state index contributed by atoms with van der Waals surface area (Å²) in [6.45, 7) is 3.99. The van der Waals surface area contributed by atoms with Gasteiger partial charge in [-0.15, -0.1) is 0 Å². The smallest absolute Gasteiger partial charge is 0.343 e. The van der Waals surface area contributed by atoms with Crippen molar-refractivity contribution in [2.75, 3.05) is 6.61 Å². The lowest BCUT2D eigenvalue weighted by molar-refractivity contribution is 0.0734. The minimum Gasteiger partial charge on any atom is -0.490 e. The molecule has 4 heteroatoms. The standard InChI is InChI=1S/C22H17FO3/c1-2-15-25-20-11-7-18(8-12-20)22(24)26-21-13-5-17(6-14-21)16-3-9-19(23)10-4-16/h2-14H,1,15H2. The average molecular weight is 348 g/mol. The molecule has 0 heterocycles. The summed E-state index contributed by atoms with van der Waals surface area (Å²) < 4.78 is 23.7. The molecule has 3 nitrogen and oxygen atoms in total. The van der Waals surface area contributed by atoms with Crippen LogP contribution in [0.2, 0.25) is 0 Å². The Morgan fingerprint density at radius 3 is 1.96 bits per heavy atom. The second-order valence-electron chi connectivity index (χ2n) is 5.54. The zero-order chi connectivity index (χ0) is 18.4. The third-order valence-electron chi connectivity index (χ3n) is 3.70. The van der Waals surface area contributed by atoms with Gasteiger partial charge in [0.15, 0.2) is 0 Å². The molecule has 0 amide bonds. The van der Waals surface area contributed by atoms with Crippen LogP contribution < -0.4 is 9.47 Å². The number of carbonyl (C=O) groups is 1. The maximum atomic E-state index is 13.0. The van der Waals surface area contributed by atoms with Gasteiger partial charge in [-0.25, -0.2) is 9.18 Å². The van der Waals surface area contributed by atoms with Gasteiger partial charge in [0.2, 0.25) is 0 Å². The van der Waals surface area contributed by atoms with Gasteiger partial charge in [-0.3, -0.25) is 0 Å². The first-order valence-electron chi connectivity index (χ1n) is 8.07. The van der Waals surface area contributed by atoms with E-state index in [0.29, 0.717) is 23.7 Å². The molecule has 0 aromatic heterocycles. The van der Waals surface area contributed by atoms with Crippen molar-refractivity contribution in [3.8, 4) is 22.6 Å². The topological polar surface area (TPSA) is 35.5 Å². The summed E-state index contributed by atoms with van der Waals surface area (Å²) in [4.78, 5) is 12.2. The van der Waals surface area contributed by atoms with Crippen LogP contribution in [0.15, 0.2) is 85.5 Å². The van der Waals surface area contributed by atoms with E-state index < -0.39 is 5.97 Å². The van der Waals surface area contributed by atoms with E-state index in [0.717, 1.165) is 11.1 Å². The van der Waals surface area contributed by atoms with Crippen molar-refractivity contribution in [1.82, 2.24) is 0 Å². The van der Waals surface area contributed by atoms with Crippen LogP contribution in [0.5, 0.6) is 11.5 Å². The summed E-state index contributed by atoms with van der Waals surface area (Å²) >= 11 is 0. The van der Waals surface area contributed by atoms with Gasteiger partial charge in [-0.1, -0.05) is 36.9 Å². The molecule has 3 rings (SSSR count). The fourth-order valence-corrected chi connectivity index (χ4v) is 2.37. The Bertz CT molecular complexity index is 882. The first-order valence-corrected chi connectivity index (χ1v) is 8.07. The SMILES string of the molecule is C=CCOc1ccc(C(=O)Oc2ccc(-c3ccc(F)cc3)cc2)cc1. The highest BCUT2D eigenvalue weighted by Gasteiger charge is 2.09. The Kier molecular flexibility index (Phi) is 5.44. The summed E-state index contributed by atoms with van der Waals surface area (Å²) in [5.74, 6) is 0.368. The molecular weight excluding hydrogens is 331 g/mol. The minimum atomic E-state index is -0.449. The lowest BCUT2D eigenvalue weighted by Crippen LogP contribution is -2.08. The molecule has 0 saturated carbocycles. The van der Waals surface area contributed by atoms with Crippen molar-refractivity contribution in [1.29, 1.82) is 0 Å². The van der Waals surface area contributed by atoms with E-state index in [1.807, 2.05) is 12.1 Å². The largest absolute Gasteiger partial charge is 0.490 e. The van der Waals surface area contributed by atoms with E-state index in [1.165, 1.54) is 12.1 Å². The molecule has 3 aromatic rings. The van der Waals surface area contributed by atoms with Crippen molar-refractivity contribution < 1.29 is 18.7 Å². The van der Waals surface area contributed by atoms with Crippen LogP contribution in [-0.4, -0.2) is 12.6 Å². The third-order valence-corrected chi connectivity index (χ3v) is 3.70. The minimum absolute atomic E-state index is 0.278. The Morgan fingerprint density at radius 1 is 0.846 bits per heavy atom. The van der Waals surface area contributed by atoms with Gasteiger partial charge >= 0.3 is 5.97 Å². The van der Waals surface area contributed by atoms with Gasteiger partial charge in [-0.05, 0) is 59.7 Å². The van der Waals surface area contributed by atoms with Crippen LogP contribution in [0.1, 0.15) is 10.4 Å². The Morgan fingerprint density at radius 2 is 1.38 bits per heavy atom. The molecule has 0 saturated heterocycles. The monoisotopic (exact) mass is 348 g/mol. The molecule has 0 radical (unpaired) electrons. The first kappa shape index (κ1) is 17.4. The van der Waals surface area contributed by atoms with Crippen molar-refractivity contribution in [3.63, 3.8) is 0 Å². The van der Waals surface area contributed by atoms with Crippen LogP contribution in [0.3, 0.4) is 0 Å². The van der Waals surface area contributed by atoms with E-state index in [-0.39, 0.29) is 5.82 Å². The quantitative estimate of drug-likeness (QED) is 0.345. The summed E-state index contributed by atoms with van der Waals surface area (Å²) in [5, 5.41) is 0. The highest BCUT2D eigenvalue weighted by molar-refractivity contribution is 5.91. The van der Waals surface area contributed by atoms with Crippen LogP contribution >= 0.6 is 0 Å². The number of hydrogen-bond acceptors (Lipinski definition) is 3. The second kappa shape index (κ2) is 8.12. The first-order chi connectivity index (χ1) is 12.7. The average Bonchev–Trinajstić information content (AvgIpc) is 2.68. The molecule has 0 unspecified atom stereocenters. The zero-order valence-electron chi connectivity index (χ0n) is 14.0. The van der Waals surface area contributed by atoms with Gasteiger partial charge in [0, 0.05) is 0 Å². The van der Waals surface area contributed by atoms with E-state index >= 15 is 0 Å². The van der Waals surface area contributed by atoms with Crippen LogP contribution in [0.25, 0.3) is 11.1 Å². The molecule has 0 atom stereocenters. The van der Waals surface area contributed by atoms with Crippen molar-refractivity contribution in [2.45, 2.75) is 0 Å². The van der Waals surface area contributed by atoms with E-state index in [1.54, 1.807) is 54.6 Å². The Labute approximate surface area is 151 Å². The van der Waals surface area contributed by atoms with E-state index in [9.17, 15) is 9.18 Å². The molecule has 26 heavy (non-hydrogen) atoms. The fraction of sp³-hybridized carbons (Fsp3) is 0.0455. The van der Waals surface area contributed by atoms with Gasteiger partial charge < -0.3 is 9.47 Å². The molecule has 0 aliphatic heterocycles. The van der Waals surface area contributed by atoms with E-state index in [4.69, 9.17) is 9.47 Å². The lowest BCUT2D eigenvalue weighted by Gasteiger charge is -2.07. The zero-order valence-corrected chi connectivity index (χ0v) is 14.0. The molecule has 0 aliphatic rings. The summed E-state index contributed by atoms with van der Waals surface area (Å²) in [7, 11) is 0. The van der Waals surface area contributed by atoms with Crippen molar-refractivity contribution in [2.24, 2.45) is 0 Å². The Hall–Kier alpha value is -3.40. The van der Waals surface area contributed by atoms with Gasteiger partial charge in [0.25, 0.3) is 0 Å². The predicted octanol–water partition coefficient (Wildman–Crippen LogP) is 5.28. The summed E-state index contributed by atoms with van der Waals surface area (Å²) in [6, 6.07) is 20.0. The maximum absolute atomic E-state index is 13.0. The van der Waals surface area contributed by atoms with Crippen molar-refractivity contribution in [3.05, 3.63) is 96.8 Å². The van der Waals surface area contributed by atoms with Crippen LogP contribution in [-0.2, 0) is 0 Å². The maximum Gasteiger partial charge on any atom is 0.343 e. The van der Waals surface area contributed by atoms with Gasteiger partial charge in [0.1, 0.15) is 23.9 Å². The molecule has 0 spiro atoms. The lowest BCUT2D eigenvalue weighted by atomic mass is 10.1. The fourth-order valence-electron chi connectivity index (χ4n) is 2.37. The number of rotatable bonds is 6. The summed E-state index contributed by atoms with van der Waals surface area (Å²) in [5.41, 5.74) is 2.23. The van der Waals surface area contributed by atoms with Crippen LogP contribution in [0.4, 0.5) is 4.39 Å². The molecular formula is C22H17FO3. The molecule has 0 bridgehead atoms. The Balaban J connectivity index is 1.65. The molecule has 130 valence electrons. The second-order valence-corrected chi connectivity index (χ2v) is 5.54. The number of benzene rings is 3. The van der Waals surface area contributed by atoms with Gasteiger partial charge in [0.05, 0.1) is 5.56 Å². The molecule has 0 fully saturated rings. The van der Waals surface area contributed by atoms with E-state index in [2.05, 4.69) is 6.58 Å². The number of ether oxygens (including phenoxy) is 2. The predicted molar refractivity (Wildman–Crippen MR) is 98.9 cm³/mol. The molecule has 0 N–H and O–H groups in total. The normalized spacial score (nSPS) is 10.2. The number of carbonyl (C=O) groups excluding carboxylic acids is 1. The molecule has 0 aliphatic carbocycles. The number of halogens is 1. The highest BCUT2D eigenvalue weighted by atomic mass is 19.1. The third kappa shape index (κ3) is 4.36. The number of esters is 1. The van der Waals surface area contributed by atoms with Crippen molar-refractivity contribution >= 4 is 5.97 Å². The molecule has 3 aromatic carbocycles. The highest BCUT2D eigenvalue weighted by Crippen LogP contribution is 2.23. The summed E-state index contributed by atoms with van der Waals surface area (Å²) in [6.07, 6.45) is 1.65. The number of hydrogen-bond donors (Lipinski definition) is 0. The van der Waals surface area contributed by atoms with Crippen LogP contribution in [0, 0.1) is 5.82 Å².